The van der Waals surface area contributed by atoms with Crippen LogP contribution in [0.4, 0.5) is 0 Å². The van der Waals surface area contributed by atoms with Crippen molar-refractivity contribution in [3.63, 3.8) is 0 Å². The lowest BCUT2D eigenvalue weighted by atomic mass is 9.81. The Balaban J connectivity index is 1.82. The summed E-state index contributed by atoms with van der Waals surface area (Å²) in [5.74, 6) is -0.846. The van der Waals surface area contributed by atoms with Crippen LogP contribution in [0.1, 0.15) is 38.5 Å². The van der Waals surface area contributed by atoms with E-state index < -0.39 is 5.97 Å². The third-order valence-corrected chi connectivity index (χ3v) is 4.20. The summed E-state index contributed by atoms with van der Waals surface area (Å²) in [5.41, 5.74) is 0. The van der Waals surface area contributed by atoms with Gasteiger partial charge in [-0.25, -0.2) is 0 Å². The molecule has 0 atom stereocenters. The molecule has 1 aliphatic carbocycles. The van der Waals surface area contributed by atoms with E-state index in [1.165, 1.54) is 0 Å². The standard InChI is InChI=1S/C13H21NO4/c15-11-5-7-14(8-6-11)12(16)9-1-3-10(4-2-9)13(17)18/h9-11,15H,1-8H2,(H,17,18). The van der Waals surface area contributed by atoms with E-state index >= 15 is 0 Å². The summed E-state index contributed by atoms with van der Waals surface area (Å²) in [6.45, 7) is 1.28. The molecule has 1 saturated heterocycles. The van der Waals surface area contributed by atoms with Gasteiger partial charge in [-0.15, -0.1) is 0 Å². The van der Waals surface area contributed by atoms with Crippen molar-refractivity contribution >= 4 is 11.9 Å². The summed E-state index contributed by atoms with van der Waals surface area (Å²) in [5, 5.41) is 18.3. The number of nitrogens with zero attached hydrogens (tertiary/aromatic N) is 1. The molecule has 5 heteroatoms. The predicted octanol–water partition coefficient (Wildman–Crippen LogP) is 0.861. The third kappa shape index (κ3) is 3.02. The van der Waals surface area contributed by atoms with Crippen LogP contribution in [0.2, 0.25) is 0 Å². The molecule has 2 fully saturated rings. The van der Waals surface area contributed by atoms with Gasteiger partial charge in [0.1, 0.15) is 0 Å². The summed E-state index contributed by atoms with van der Waals surface area (Å²) in [7, 11) is 0. The van der Waals surface area contributed by atoms with Crippen LogP contribution < -0.4 is 0 Å². The fourth-order valence-electron chi connectivity index (χ4n) is 2.93. The lowest BCUT2D eigenvalue weighted by molar-refractivity contribution is -0.146. The third-order valence-electron chi connectivity index (χ3n) is 4.20. The second kappa shape index (κ2) is 5.69. The maximum absolute atomic E-state index is 12.2. The molecular weight excluding hydrogens is 234 g/mol. The van der Waals surface area contributed by atoms with Crippen molar-refractivity contribution in [2.24, 2.45) is 11.8 Å². The normalized spacial score (nSPS) is 30.2. The highest BCUT2D eigenvalue weighted by molar-refractivity contribution is 5.79. The number of carbonyl (C=O) groups is 2. The maximum Gasteiger partial charge on any atom is 0.306 e. The first-order chi connectivity index (χ1) is 8.58. The number of rotatable bonds is 2. The first-order valence-corrected chi connectivity index (χ1v) is 6.77. The Hall–Kier alpha value is -1.10. The lowest BCUT2D eigenvalue weighted by Gasteiger charge is -2.34. The molecule has 1 aliphatic heterocycles. The van der Waals surface area contributed by atoms with Crippen LogP contribution in [-0.4, -0.2) is 46.2 Å². The van der Waals surface area contributed by atoms with Gasteiger partial charge in [0.25, 0.3) is 0 Å². The van der Waals surface area contributed by atoms with Gasteiger partial charge in [-0.3, -0.25) is 9.59 Å². The van der Waals surface area contributed by atoms with Crippen LogP contribution in [0.3, 0.4) is 0 Å². The highest BCUT2D eigenvalue weighted by Crippen LogP contribution is 2.30. The van der Waals surface area contributed by atoms with E-state index in [2.05, 4.69) is 0 Å². The molecule has 2 N–H and O–H groups in total. The summed E-state index contributed by atoms with van der Waals surface area (Å²) in [6, 6.07) is 0. The van der Waals surface area contributed by atoms with Gasteiger partial charge in [-0.2, -0.15) is 0 Å². The molecule has 2 aliphatic rings. The molecule has 5 nitrogen and oxygen atoms in total. The van der Waals surface area contributed by atoms with Crippen LogP contribution in [0.25, 0.3) is 0 Å². The Kier molecular flexibility index (Phi) is 4.22. The van der Waals surface area contributed by atoms with Crippen molar-refractivity contribution in [3.05, 3.63) is 0 Å². The molecule has 1 heterocycles. The second-order valence-electron chi connectivity index (χ2n) is 5.44. The van der Waals surface area contributed by atoms with Crippen molar-refractivity contribution in [1.29, 1.82) is 0 Å². The molecule has 0 unspecified atom stereocenters. The predicted molar refractivity (Wildman–Crippen MR) is 64.9 cm³/mol. The smallest absolute Gasteiger partial charge is 0.306 e. The number of aliphatic hydroxyl groups excluding tert-OH is 1. The average molecular weight is 255 g/mol. The first-order valence-electron chi connectivity index (χ1n) is 6.77. The minimum atomic E-state index is -0.734. The molecule has 1 amide bonds. The Bertz CT molecular complexity index is 315. The Morgan fingerprint density at radius 1 is 0.889 bits per heavy atom. The zero-order chi connectivity index (χ0) is 13.1. The summed E-state index contributed by atoms with van der Waals surface area (Å²) in [4.78, 5) is 24.9. The average Bonchev–Trinajstić information content (AvgIpc) is 2.39. The van der Waals surface area contributed by atoms with Gasteiger partial charge in [0.15, 0.2) is 0 Å². The number of piperidine rings is 1. The lowest BCUT2D eigenvalue weighted by Crippen LogP contribution is -2.44. The summed E-state index contributed by atoms with van der Waals surface area (Å²) in [6.07, 6.45) is 3.66. The van der Waals surface area contributed by atoms with Gasteiger partial charge in [0.05, 0.1) is 12.0 Å². The molecule has 0 radical (unpaired) electrons. The number of carbonyl (C=O) groups excluding carboxylic acids is 1. The Morgan fingerprint density at radius 2 is 1.39 bits per heavy atom. The quantitative estimate of drug-likeness (QED) is 0.767. The molecule has 2 rings (SSSR count). The SMILES string of the molecule is O=C(O)C1CCC(C(=O)N2CCC(O)CC2)CC1. The van der Waals surface area contributed by atoms with Crippen molar-refractivity contribution < 1.29 is 19.8 Å². The van der Waals surface area contributed by atoms with E-state index in [4.69, 9.17) is 5.11 Å². The van der Waals surface area contributed by atoms with Crippen molar-refractivity contribution in [2.75, 3.05) is 13.1 Å². The molecule has 102 valence electrons. The number of likely N-dealkylation sites (tertiary alicyclic amines) is 1. The number of carboxylic acid groups (broad SMARTS) is 1. The molecule has 0 bridgehead atoms. The number of hydrogen-bond acceptors (Lipinski definition) is 3. The molecule has 0 aromatic heterocycles. The number of aliphatic hydroxyl groups is 1. The van der Waals surface area contributed by atoms with Gasteiger partial charge in [-0.1, -0.05) is 0 Å². The van der Waals surface area contributed by atoms with Crippen LogP contribution in [0.5, 0.6) is 0 Å². The summed E-state index contributed by atoms with van der Waals surface area (Å²) < 4.78 is 0. The van der Waals surface area contributed by atoms with E-state index in [1.54, 1.807) is 0 Å². The van der Waals surface area contributed by atoms with Crippen molar-refractivity contribution in [1.82, 2.24) is 4.90 Å². The van der Waals surface area contributed by atoms with E-state index in [9.17, 15) is 14.7 Å². The second-order valence-corrected chi connectivity index (χ2v) is 5.44. The maximum atomic E-state index is 12.2. The molecule has 0 aromatic carbocycles. The molecule has 0 aromatic rings. The van der Waals surface area contributed by atoms with E-state index in [0.717, 1.165) is 0 Å². The highest BCUT2D eigenvalue weighted by atomic mass is 16.4. The van der Waals surface area contributed by atoms with Gasteiger partial charge in [-0.05, 0) is 38.5 Å². The minimum absolute atomic E-state index is 0.00385. The molecule has 0 spiro atoms. The molecular formula is C13H21NO4. The van der Waals surface area contributed by atoms with E-state index in [1.807, 2.05) is 4.90 Å². The van der Waals surface area contributed by atoms with E-state index in [0.29, 0.717) is 51.6 Å². The monoisotopic (exact) mass is 255 g/mol. The van der Waals surface area contributed by atoms with Crippen LogP contribution in [-0.2, 0) is 9.59 Å². The number of aliphatic carboxylic acids is 1. The van der Waals surface area contributed by atoms with Crippen LogP contribution in [0.15, 0.2) is 0 Å². The van der Waals surface area contributed by atoms with Gasteiger partial charge < -0.3 is 15.1 Å². The first kappa shape index (κ1) is 13.3. The number of carboxylic acids is 1. The zero-order valence-electron chi connectivity index (χ0n) is 10.5. The molecule has 1 saturated carbocycles. The van der Waals surface area contributed by atoms with Gasteiger partial charge in [0, 0.05) is 19.0 Å². The Morgan fingerprint density at radius 3 is 1.89 bits per heavy atom. The van der Waals surface area contributed by atoms with Crippen LogP contribution in [0, 0.1) is 11.8 Å². The van der Waals surface area contributed by atoms with Gasteiger partial charge >= 0.3 is 5.97 Å². The number of amides is 1. The van der Waals surface area contributed by atoms with Crippen molar-refractivity contribution in [2.45, 2.75) is 44.6 Å². The van der Waals surface area contributed by atoms with Gasteiger partial charge in [0.2, 0.25) is 5.91 Å². The highest BCUT2D eigenvalue weighted by Gasteiger charge is 2.33. The van der Waals surface area contributed by atoms with Crippen LogP contribution >= 0.6 is 0 Å². The molecule has 18 heavy (non-hydrogen) atoms. The zero-order valence-corrected chi connectivity index (χ0v) is 10.5. The Labute approximate surface area is 107 Å². The van der Waals surface area contributed by atoms with E-state index in [-0.39, 0.29) is 23.8 Å². The van der Waals surface area contributed by atoms with Crippen molar-refractivity contribution in [3.8, 4) is 0 Å². The fourth-order valence-corrected chi connectivity index (χ4v) is 2.93. The topological polar surface area (TPSA) is 77.8 Å². The number of hydrogen-bond donors (Lipinski definition) is 2. The summed E-state index contributed by atoms with van der Waals surface area (Å²) >= 11 is 0. The largest absolute Gasteiger partial charge is 0.481 e. The minimum Gasteiger partial charge on any atom is -0.481 e. The fraction of sp³-hybridized carbons (Fsp3) is 0.846.